The van der Waals surface area contributed by atoms with Crippen LogP contribution in [0.25, 0.3) is 0 Å². The van der Waals surface area contributed by atoms with E-state index in [1.165, 1.54) is 12.1 Å². The van der Waals surface area contributed by atoms with Gasteiger partial charge in [-0.05, 0) is 50.2 Å². The van der Waals surface area contributed by atoms with E-state index >= 15 is 0 Å². The number of hydrogen-bond acceptors (Lipinski definition) is 4. The lowest BCUT2D eigenvalue weighted by Gasteiger charge is -2.13. The summed E-state index contributed by atoms with van der Waals surface area (Å²) >= 11 is 0. The van der Waals surface area contributed by atoms with Crippen LogP contribution >= 0.6 is 0 Å². The standard InChI is InChI=1S/C18H20FNO4S/c1-3-23-17-9-13-8-12(2)24-18(13)10-14(17)11-20-25(21,22)16-6-4-15(19)5-7-16/h4-7,9-10,12,20H,3,8,11H2,1-2H3/t12-/m0/s1. The van der Waals surface area contributed by atoms with Crippen LogP contribution in [0, 0.1) is 5.82 Å². The molecule has 0 saturated heterocycles. The highest BCUT2D eigenvalue weighted by molar-refractivity contribution is 7.89. The van der Waals surface area contributed by atoms with Gasteiger partial charge in [-0.25, -0.2) is 17.5 Å². The number of fused-ring (bicyclic) bond motifs is 1. The lowest BCUT2D eigenvalue weighted by atomic mass is 10.1. The van der Waals surface area contributed by atoms with Gasteiger partial charge in [-0.2, -0.15) is 0 Å². The van der Waals surface area contributed by atoms with Gasteiger partial charge in [0.25, 0.3) is 0 Å². The quantitative estimate of drug-likeness (QED) is 0.855. The fraction of sp³-hybridized carbons (Fsp3) is 0.333. The molecule has 3 rings (SSSR count). The first kappa shape index (κ1) is 17.7. The zero-order chi connectivity index (χ0) is 18.0. The van der Waals surface area contributed by atoms with Crippen molar-refractivity contribution in [1.29, 1.82) is 0 Å². The van der Waals surface area contributed by atoms with Crippen LogP contribution in [0.3, 0.4) is 0 Å². The lowest BCUT2D eigenvalue weighted by molar-refractivity contribution is 0.254. The van der Waals surface area contributed by atoms with Crippen molar-refractivity contribution < 1.29 is 22.3 Å². The molecular formula is C18H20FNO4S. The second kappa shape index (κ2) is 7.01. The molecule has 0 radical (unpaired) electrons. The average Bonchev–Trinajstić information content (AvgIpc) is 2.92. The highest BCUT2D eigenvalue weighted by Gasteiger charge is 2.23. The van der Waals surface area contributed by atoms with Gasteiger partial charge in [0.2, 0.25) is 10.0 Å². The van der Waals surface area contributed by atoms with Gasteiger partial charge in [-0.1, -0.05) is 0 Å². The fourth-order valence-electron chi connectivity index (χ4n) is 2.78. The Bertz CT molecular complexity index is 865. The van der Waals surface area contributed by atoms with Crippen LogP contribution in [-0.4, -0.2) is 21.1 Å². The third-order valence-corrected chi connectivity index (χ3v) is 5.37. The molecular weight excluding hydrogens is 345 g/mol. The average molecular weight is 365 g/mol. The minimum Gasteiger partial charge on any atom is -0.494 e. The van der Waals surface area contributed by atoms with Crippen LogP contribution in [0.15, 0.2) is 41.3 Å². The minimum atomic E-state index is -3.74. The molecule has 2 aromatic rings. The zero-order valence-electron chi connectivity index (χ0n) is 14.1. The topological polar surface area (TPSA) is 64.6 Å². The maximum atomic E-state index is 13.0. The first-order valence-corrected chi connectivity index (χ1v) is 9.58. The molecule has 134 valence electrons. The summed E-state index contributed by atoms with van der Waals surface area (Å²) < 4.78 is 51.6. The second-order valence-corrected chi connectivity index (χ2v) is 7.68. The first-order chi connectivity index (χ1) is 11.9. The summed E-state index contributed by atoms with van der Waals surface area (Å²) in [6.07, 6.45) is 0.896. The largest absolute Gasteiger partial charge is 0.494 e. The van der Waals surface area contributed by atoms with Gasteiger partial charge in [-0.15, -0.1) is 0 Å². The second-order valence-electron chi connectivity index (χ2n) is 5.91. The van der Waals surface area contributed by atoms with Crippen LogP contribution in [0.4, 0.5) is 4.39 Å². The van der Waals surface area contributed by atoms with Crippen molar-refractivity contribution in [3.8, 4) is 11.5 Å². The van der Waals surface area contributed by atoms with Crippen molar-refractivity contribution in [3.05, 3.63) is 53.3 Å². The molecule has 0 bridgehead atoms. The van der Waals surface area contributed by atoms with Gasteiger partial charge in [0.1, 0.15) is 23.4 Å². The van der Waals surface area contributed by atoms with Gasteiger partial charge < -0.3 is 9.47 Å². The molecule has 0 saturated carbocycles. The number of halogens is 1. The molecule has 1 aliphatic heterocycles. The maximum absolute atomic E-state index is 13.0. The molecule has 0 aromatic heterocycles. The predicted molar refractivity (Wildman–Crippen MR) is 91.8 cm³/mol. The number of hydrogen-bond donors (Lipinski definition) is 1. The van der Waals surface area contributed by atoms with Crippen molar-refractivity contribution in [2.24, 2.45) is 0 Å². The molecule has 5 nitrogen and oxygen atoms in total. The summed E-state index contributed by atoms with van der Waals surface area (Å²) in [5, 5.41) is 0. The van der Waals surface area contributed by atoms with Gasteiger partial charge in [0, 0.05) is 24.1 Å². The van der Waals surface area contributed by atoms with Gasteiger partial charge >= 0.3 is 0 Å². The van der Waals surface area contributed by atoms with Crippen molar-refractivity contribution in [3.63, 3.8) is 0 Å². The number of nitrogens with one attached hydrogen (secondary N) is 1. The Morgan fingerprint density at radius 3 is 2.68 bits per heavy atom. The SMILES string of the molecule is CCOc1cc2c(cc1CNS(=O)(=O)c1ccc(F)cc1)O[C@@H](C)C2. The number of rotatable bonds is 6. The van der Waals surface area contributed by atoms with Crippen molar-refractivity contribution in [1.82, 2.24) is 4.72 Å². The number of benzene rings is 2. The third-order valence-electron chi connectivity index (χ3n) is 3.96. The molecule has 0 unspecified atom stereocenters. The lowest BCUT2D eigenvalue weighted by Crippen LogP contribution is -2.23. The molecule has 7 heteroatoms. The van der Waals surface area contributed by atoms with Crippen LogP contribution in [-0.2, 0) is 23.0 Å². The molecule has 0 spiro atoms. The van der Waals surface area contributed by atoms with E-state index in [1.54, 1.807) is 0 Å². The Hall–Kier alpha value is -2.12. The van der Waals surface area contributed by atoms with E-state index in [2.05, 4.69) is 4.72 Å². The molecule has 0 amide bonds. The van der Waals surface area contributed by atoms with E-state index in [1.807, 2.05) is 26.0 Å². The molecule has 1 aliphatic rings. The fourth-order valence-corrected chi connectivity index (χ4v) is 3.79. The van der Waals surface area contributed by atoms with E-state index in [-0.39, 0.29) is 17.5 Å². The van der Waals surface area contributed by atoms with Gasteiger partial charge in [0.05, 0.1) is 11.5 Å². The van der Waals surface area contributed by atoms with Crippen LogP contribution in [0.1, 0.15) is 25.0 Å². The highest BCUT2D eigenvalue weighted by atomic mass is 32.2. The minimum absolute atomic E-state index is 0.0119. The molecule has 25 heavy (non-hydrogen) atoms. The Balaban J connectivity index is 1.82. The summed E-state index contributed by atoms with van der Waals surface area (Å²) in [5.74, 6) is 0.912. The molecule has 1 atom stereocenters. The van der Waals surface area contributed by atoms with Crippen LogP contribution < -0.4 is 14.2 Å². The van der Waals surface area contributed by atoms with E-state index in [9.17, 15) is 12.8 Å². The molecule has 2 aromatic carbocycles. The Morgan fingerprint density at radius 1 is 1.28 bits per heavy atom. The Kier molecular flexibility index (Phi) is 4.96. The van der Waals surface area contributed by atoms with Crippen LogP contribution in [0.5, 0.6) is 11.5 Å². The van der Waals surface area contributed by atoms with E-state index in [0.717, 1.165) is 29.9 Å². The van der Waals surface area contributed by atoms with Crippen molar-refractivity contribution in [2.75, 3.05) is 6.61 Å². The highest BCUT2D eigenvalue weighted by Crippen LogP contribution is 2.35. The maximum Gasteiger partial charge on any atom is 0.240 e. The predicted octanol–water partition coefficient (Wildman–Crippen LogP) is 3.03. The molecule has 1 heterocycles. The summed E-state index contributed by atoms with van der Waals surface area (Å²) in [6.45, 7) is 4.39. The van der Waals surface area contributed by atoms with E-state index < -0.39 is 15.8 Å². The zero-order valence-corrected chi connectivity index (χ0v) is 14.9. The third kappa shape index (κ3) is 3.93. The number of sulfonamides is 1. The smallest absolute Gasteiger partial charge is 0.240 e. The summed E-state index contributed by atoms with van der Waals surface area (Å²) in [5.41, 5.74) is 1.75. The molecule has 0 fully saturated rings. The number of ether oxygens (including phenoxy) is 2. The summed E-state index contributed by atoms with van der Waals surface area (Å²) in [7, 11) is -3.74. The summed E-state index contributed by atoms with van der Waals surface area (Å²) in [4.78, 5) is 0.0119. The first-order valence-electron chi connectivity index (χ1n) is 8.09. The van der Waals surface area contributed by atoms with E-state index in [4.69, 9.17) is 9.47 Å². The monoisotopic (exact) mass is 365 g/mol. The van der Waals surface area contributed by atoms with Gasteiger partial charge in [0.15, 0.2) is 0 Å². The van der Waals surface area contributed by atoms with Crippen LogP contribution in [0.2, 0.25) is 0 Å². The molecule has 1 N–H and O–H groups in total. The molecule has 0 aliphatic carbocycles. The van der Waals surface area contributed by atoms with E-state index in [0.29, 0.717) is 17.9 Å². The normalized spacial score (nSPS) is 16.4. The van der Waals surface area contributed by atoms with Gasteiger partial charge in [-0.3, -0.25) is 0 Å². The van der Waals surface area contributed by atoms with Crippen molar-refractivity contribution in [2.45, 2.75) is 37.8 Å². The van der Waals surface area contributed by atoms with Crippen molar-refractivity contribution >= 4 is 10.0 Å². The summed E-state index contributed by atoms with van der Waals surface area (Å²) in [6, 6.07) is 8.42. The Morgan fingerprint density at radius 2 is 2.00 bits per heavy atom. The Labute approximate surface area is 146 Å².